The molecule has 1 heterocycles. The van der Waals surface area contributed by atoms with E-state index in [0.29, 0.717) is 12.0 Å². The van der Waals surface area contributed by atoms with Crippen LogP contribution in [-0.2, 0) is 6.42 Å². The van der Waals surface area contributed by atoms with Crippen molar-refractivity contribution in [2.45, 2.75) is 26.3 Å². The third-order valence-corrected chi connectivity index (χ3v) is 3.40. The molecule has 1 unspecified atom stereocenters. The molecule has 0 spiro atoms. The zero-order chi connectivity index (χ0) is 13.8. The van der Waals surface area contributed by atoms with Gasteiger partial charge in [0.05, 0.1) is 0 Å². The fourth-order valence-electron chi connectivity index (χ4n) is 2.21. The van der Waals surface area contributed by atoms with Gasteiger partial charge in [0.25, 0.3) is 0 Å². The largest absolute Gasteiger partial charge is 0.313 e. The van der Waals surface area contributed by atoms with Crippen LogP contribution in [0.3, 0.4) is 0 Å². The molecule has 0 amide bonds. The van der Waals surface area contributed by atoms with Crippen LogP contribution in [0.4, 0.5) is 4.39 Å². The Kier molecular flexibility index (Phi) is 4.27. The van der Waals surface area contributed by atoms with E-state index in [0.717, 1.165) is 16.8 Å². The van der Waals surface area contributed by atoms with Crippen molar-refractivity contribution in [3.05, 3.63) is 64.7 Å². The summed E-state index contributed by atoms with van der Waals surface area (Å²) < 4.78 is 14.0. The summed E-state index contributed by atoms with van der Waals surface area (Å²) in [7, 11) is 1.85. The number of aromatic nitrogens is 1. The molecule has 1 atom stereocenters. The van der Waals surface area contributed by atoms with E-state index < -0.39 is 0 Å². The van der Waals surface area contributed by atoms with E-state index in [2.05, 4.69) is 10.3 Å². The Hall–Kier alpha value is -1.74. The Morgan fingerprint density at radius 2 is 2.05 bits per heavy atom. The molecule has 0 aliphatic carbocycles. The average Bonchev–Trinajstić information content (AvgIpc) is 2.39. The van der Waals surface area contributed by atoms with Crippen molar-refractivity contribution in [1.29, 1.82) is 0 Å². The van der Waals surface area contributed by atoms with Gasteiger partial charge >= 0.3 is 0 Å². The number of rotatable bonds is 4. The number of aryl methyl sites for hydroxylation is 2. The molecule has 0 bridgehead atoms. The quantitative estimate of drug-likeness (QED) is 0.909. The van der Waals surface area contributed by atoms with E-state index in [1.54, 1.807) is 12.3 Å². The van der Waals surface area contributed by atoms with Crippen LogP contribution >= 0.6 is 0 Å². The summed E-state index contributed by atoms with van der Waals surface area (Å²) >= 11 is 0. The van der Waals surface area contributed by atoms with Crippen LogP contribution < -0.4 is 5.32 Å². The Morgan fingerprint density at radius 3 is 2.68 bits per heavy atom. The zero-order valence-corrected chi connectivity index (χ0v) is 11.6. The summed E-state index contributed by atoms with van der Waals surface area (Å²) in [5.41, 5.74) is 3.76. The molecule has 0 radical (unpaired) electrons. The summed E-state index contributed by atoms with van der Waals surface area (Å²) in [4.78, 5) is 4.38. The third kappa shape index (κ3) is 3.18. The number of halogens is 1. The number of hydrogen-bond acceptors (Lipinski definition) is 2. The molecule has 0 aliphatic rings. The van der Waals surface area contributed by atoms with Gasteiger partial charge < -0.3 is 5.32 Å². The lowest BCUT2D eigenvalue weighted by Crippen LogP contribution is -2.21. The fraction of sp³-hybridized carbons (Fsp3) is 0.312. The molecule has 1 aromatic carbocycles. The van der Waals surface area contributed by atoms with Gasteiger partial charge in [-0.3, -0.25) is 4.98 Å². The molecule has 2 aromatic rings. The lowest BCUT2D eigenvalue weighted by atomic mass is 9.98. The second-order valence-electron chi connectivity index (χ2n) is 4.84. The number of benzene rings is 1. The summed E-state index contributed by atoms with van der Waals surface area (Å²) in [6, 6.07) is 9.25. The number of likely N-dealkylation sites (N-methyl/N-ethyl adjacent to an activating group) is 1. The lowest BCUT2D eigenvalue weighted by Gasteiger charge is -2.18. The molecular formula is C16H19FN2. The maximum Gasteiger partial charge on any atom is 0.128 e. The van der Waals surface area contributed by atoms with Crippen molar-refractivity contribution < 1.29 is 4.39 Å². The van der Waals surface area contributed by atoms with Crippen LogP contribution in [0.25, 0.3) is 0 Å². The molecule has 1 aromatic heterocycles. The molecule has 2 rings (SSSR count). The monoisotopic (exact) mass is 258 g/mol. The van der Waals surface area contributed by atoms with Gasteiger partial charge in [0.1, 0.15) is 5.82 Å². The lowest BCUT2D eigenvalue weighted by molar-refractivity contribution is 0.528. The predicted octanol–water partition coefficient (Wildman–Crippen LogP) is 3.34. The summed E-state index contributed by atoms with van der Waals surface area (Å²) in [6.45, 7) is 3.92. The van der Waals surface area contributed by atoms with Gasteiger partial charge in [0, 0.05) is 29.9 Å². The Bertz CT molecular complexity index is 566. The summed E-state index contributed by atoms with van der Waals surface area (Å²) in [6.07, 6.45) is 2.46. The number of hydrogen-bond donors (Lipinski definition) is 1. The number of pyridine rings is 1. The highest BCUT2D eigenvalue weighted by molar-refractivity contribution is 5.28. The Balaban J connectivity index is 2.28. The molecule has 0 saturated heterocycles. The first-order valence-electron chi connectivity index (χ1n) is 6.45. The Morgan fingerprint density at radius 1 is 1.26 bits per heavy atom. The minimum absolute atomic E-state index is 0.0609. The normalized spacial score (nSPS) is 12.4. The molecule has 2 nitrogen and oxygen atoms in total. The van der Waals surface area contributed by atoms with Crippen LogP contribution in [0.5, 0.6) is 0 Å². The van der Waals surface area contributed by atoms with Gasteiger partial charge in [-0.25, -0.2) is 4.39 Å². The van der Waals surface area contributed by atoms with Crippen LogP contribution in [0.1, 0.15) is 28.4 Å². The summed E-state index contributed by atoms with van der Waals surface area (Å²) in [5, 5.41) is 3.17. The van der Waals surface area contributed by atoms with E-state index in [1.807, 2.05) is 45.2 Å². The van der Waals surface area contributed by atoms with Crippen LogP contribution in [0.15, 0.2) is 36.5 Å². The third-order valence-electron chi connectivity index (χ3n) is 3.40. The van der Waals surface area contributed by atoms with Crippen molar-refractivity contribution in [3.8, 4) is 0 Å². The van der Waals surface area contributed by atoms with E-state index in [-0.39, 0.29) is 11.9 Å². The smallest absolute Gasteiger partial charge is 0.128 e. The maximum atomic E-state index is 14.0. The molecule has 0 aliphatic heterocycles. The maximum absolute atomic E-state index is 14.0. The van der Waals surface area contributed by atoms with E-state index in [1.165, 1.54) is 0 Å². The van der Waals surface area contributed by atoms with E-state index in [9.17, 15) is 4.39 Å². The molecule has 3 heteroatoms. The average molecular weight is 258 g/mol. The van der Waals surface area contributed by atoms with Crippen LogP contribution in [-0.4, -0.2) is 12.0 Å². The molecule has 100 valence electrons. The van der Waals surface area contributed by atoms with Gasteiger partial charge in [0.2, 0.25) is 0 Å². The minimum atomic E-state index is -0.159. The van der Waals surface area contributed by atoms with Crippen LogP contribution in [0.2, 0.25) is 0 Å². The van der Waals surface area contributed by atoms with E-state index >= 15 is 0 Å². The summed E-state index contributed by atoms with van der Waals surface area (Å²) in [5.74, 6) is -0.159. The molecule has 19 heavy (non-hydrogen) atoms. The van der Waals surface area contributed by atoms with Crippen molar-refractivity contribution in [3.63, 3.8) is 0 Å². The van der Waals surface area contributed by atoms with Crippen LogP contribution in [0, 0.1) is 19.7 Å². The molecule has 0 fully saturated rings. The minimum Gasteiger partial charge on any atom is -0.313 e. The van der Waals surface area contributed by atoms with E-state index in [4.69, 9.17) is 0 Å². The first-order chi connectivity index (χ1) is 9.11. The van der Waals surface area contributed by atoms with Crippen molar-refractivity contribution in [2.75, 3.05) is 7.05 Å². The van der Waals surface area contributed by atoms with Gasteiger partial charge in [0.15, 0.2) is 0 Å². The standard InChI is InChI=1S/C16H19FN2/c1-11-6-7-13(14(17)9-11)16(18-3)10-15-12(2)5-4-8-19-15/h4-9,16,18H,10H2,1-3H3. The SMILES string of the molecule is CNC(Cc1ncccc1C)c1ccc(C)cc1F. The molecular weight excluding hydrogens is 239 g/mol. The fourth-order valence-corrected chi connectivity index (χ4v) is 2.21. The predicted molar refractivity (Wildman–Crippen MR) is 75.6 cm³/mol. The second-order valence-corrected chi connectivity index (χ2v) is 4.84. The highest BCUT2D eigenvalue weighted by atomic mass is 19.1. The first kappa shape index (κ1) is 13.7. The molecule has 1 N–H and O–H groups in total. The van der Waals surface area contributed by atoms with Gasteiger partial charge in [-0.2, -0.15) is 0 Å². The Labute approximate surface area is 113 Å². The second kappa shape index (κ2) is 5.93. The van der Waals surface area contributed by atoms with Crippen molar-refractivity contribution in [1.82, 2.24) is 10.3 Å². The van der Waals surface area contributed by atoms with Crippen molar-refractivity contribution in [2.24, 2.45) is 0 Å². The van der Waals surface area contributed by atoms with Crippen molar-refractivity contribution >= 4 is 0 Å². The zero-order valence-electron chi connectivity index (χ0n) is 11.6. The highest BCUT2D eigenvalue weighted by Gasteiger charge is 2.16. The topological polar surface area (TPSA) is 24.9 Å². The molecule has 0 saturated carbocycles. The van der Waals surface area contributed by atoms with Gasteiger partial charge in [-0.15, -0.1) is 0 Å². The number of nitrogens with zero attached hydrogens (tertiary/aromatic N) is 1. The van der Waals surface area contributed by atoms with Gasteiger partial charge in [-0.05, 0) is 44.2 Å². The van der Waals surface area contributed by atoms with Gasteiger partial charge in [-0.1, -0.05) is 18.2 Å². The number of nitrogens with one attached hydrogen (secondary N) is 1. The highest BCUT2D eigenvalue weighted by Crippen LogP contribution is 2.22. The first-order valence-corrected chi connectivity index (χ1v) is 6.45.